The summed E-state index contributed by atoms with van der Waals surface area (Å²) in [4.78, 5) is 39.5. The number of hydrogen-bond donors (Lipinski definition) is 1. The number of anilines is 1. The fourth-order valence-corrected chi connectivity index (χ4v) is 5.71. The highest BCUT2D eigenvalue weighted by Crippen LogP contribution is 2.28. The van der Waals surface area contributed by atoms with E-state index in [4.69, 9.17) is 4.74 Å². The Bertz CT molecular complexity index is 1480. The van der Waals surface area contributed by atoms with Gasteiger partial charge in [0.1, 0.15) is 18.3 Å². The van der Waals surface area contributed by atoms with Gasteiger partial charge < -0.3 is 15.0 Å². The zero-order valence-corrected chi connectivity index (χ0v) is 24.9. The molecule has 0 fully saturated rings. The van der Waals surface area contributed by atoms with Gasteiger partial charge in [-0.25, -0.2) is 8.42 Å². The largest absolute Gasteiger partial charge is 0.497 e. The van der Waals surface area contributed by atoms with Gasteiger partial charge in [-0.15, -0.1) is 0 Å². The molecule has 1 atom stereocenters. The van der Waals surface area contributed by atoms with Crippen LogP contribution in [0.15, 0.2) is 83.8 Å². The molecule has 3 aromatic rings. The standard InChI is InChI=1S/C30H36N4O7S/c1-5-28(30(36)31-19-22(2)3)32(20-23-14-16-26(41-4)17-15-23)29(35)21-33(24-10-9-11-25(18-24)34(37)38)42(39,40)27-12-7-6-8-13-27/h6-18,22,28H,5,19-21H2,1-4H3,(H,31,36). The number of carbonyl (C=O) groups is 2. The number of methoxy groups -OCH3 is 1. The van der Waals surface area contributed by atoms with Gasteiger partial charge >= 0.3 is 0 Å². The second-order valence-electron chi connectivity index (χ2n) is 10.0. The third-order valence-electron chi connectivity index (χ3n) is 6.52. The summed E-state index contributed by atoms with van der Waals surface area (Å²) in [6.45, 7) is 5.40. The molecule has 11 nitrogen and oxygen atoms in total. The van der Waals surface area contributed by atoms with E-state index in [0.29, 0.717) is 17.9 Å². The average Bonchev–Trinajstić information content (AvgIpc) is 2.99. The number of nitrogens with one attached hydrogen (secondary N) is 1. The number of carbonyl (C=O) groups excluding carboxylic acids is 2. The van der Waals surface area contributed by atoms with Crippen molar-refractivity contribution in [2.75, 3.05) is 24.5 Å². The number of ether oxygens (including phenoxy) is 1. The van der Waals surface area contributed by atoms with Gasteiger partial charge in [0.15, 0.2) is 0 Å². The molecule has 0 aliphatic carbocycles. The van der Waals surface area contributed by atoms with Crippen molar-refractivity contribution in [3.8, 4) is 5.75 Å². The van der Waals surface area contributed by atoms with Crippen LogP contribution in [0.5, 0.6) is 5.75 Å². The van der Waals surface area contributed by atoms with Gasteiger partial charge in [0.2, 0.25) is 11.8 Å². The summed E-state index contributed by atoms with van der Waals surface area (Å²) >= 11 is 0. The third-order valence-corrected chi connectivity index (χ3v) is 8.31. The maximum atomic E-state index is 14.1. The summed E-state index contributed by atoms with van der Waals surface area (Å²) in [7, 11) is -2.80. The van der Waals surface area contributed by atoms with Crippen LogP contribution in [0, 0.1) is 16.0 Å². The number of nitrogens with zero attached hydrogens (tertiary/aromatic N) is 3. The molecule has 2 amide bonds. The Labute approximate surface area is 246 Å². The Morgan fingerprint density at radius 1 is 1.00 bits per heavy atom. The van der Waals surface area contributed by atoms with Crippen LogP contribution in [0.2, 0.25) is 0 Å². The molecular weight excluding hydrogens is 560 g/mol. The minimum Gasteiger partial charge on any atom is -0.497 e. The fourth-order valence-electron chi connectivity index (χ4n) is 4.28. The van der Waals surface area contributed by atoms with E-state index < -0.39 is 33.4 Å². The molecule has 0 aliphatic heterocycles. The van der Waals surface area contributed by atoms with Crippen molar-refractivity contribution in [3.05, 3.63) is 94.5 Å². The summed E-state index contributed by atoms with van der Waals surface area (Å²) in [5.41, 5.74) is 0.318. The Kier molecular flexibility index (Phi) is 11.0. The second-order valence-corrected chi connectivity index (χ2v) is 11.9. The first-order valence-corrected chi connectivity index (χ1v) is 14.9. The lowest BCUT2D eigenvalue weighted by Gasteiger charge is -2.33. The normalized spacial score (nSPS) is 11.9. The van der Waals surface area contributed by atoms with Gasteiger partial charge in [0.25, 0.3) is 15.7 Å². The Morgan fingerprint density at radius 3 is 2.24 bits per heavy atom. The fraction of sp³-hybridized carbons (Fsp3) is 0.333. The van der Waals surface area contributed by atoms with Gasteiger partial charge in [-0.05, 0) is 48.2 Å². The monoisotopic (exact) mass is 596 g/mol. The number of hydrogen-bond acceptors (Lipinski definition) is 7. The number of amides is 2. The first kappa shape index (κ1) is 32.1. The quantitative estimate of drug-likeness (QED) is 0.215. The lowest BCUT2D eigenvalue weighted by molar-refractivity contribution is -0.384. The van der Waals surface area contributed by atoms with Crippen LogP contribution in [0.1, 0.15) is 32.8 Å². The van der Waals surface area contributed by atoms with Crippen LogP contribution in [0.3, 0.4) is 0 Å². The van der Waals surface area contributed by atoms with E-state index in [-0.39, 0.29) is 41.1 Å². The van der Waals surface area contributed by atoms with Crippen LogP contribution in [0.4, 0.5) is 11.4 Å². The molecule has 0 radical (unpaired) electrons. The minimum atomic E-state index is -4.34. The molecule has 42 heavy (non-hydrogen) atoms. The van der Waals surface area contributed by atoms with Gasteiger partial charge in [0.05, 0.1) is 22.6 Å². The van der Waals surface area contributed by atoms with E-state index in [2.05, 4.69) is 5.32 Å². The zero-order chi connectivity index (χ0) is 30.9. The van der Waals surface area contributed by atoms with E-state index >= 15 is 0 Å². The molecule has 0 aliphatic rings. The summed E-state index contributed by atoms with van der Waals surface area (Å²) in [5.74, 6) is -0.217. The van der Waals surface area contributed by atoms with Crippen molar-refractivity contribution in [3.63, 3.8) is 0 Å². The molecule has 224 valence electrons. The summed E-state index contributed by atoms with van der Waals surface area (Å²) in [6.07, 6.45) is 0.272. The Balaban J connectivity index is 2.07. The number of benzene rings is 3. The first-order chi connectivity index (χ1) is 20.0. The molecule has 1 unspecified atom stereocenters. The van der Waals surface area contributed by atoms with Crippen LogP contribution in [-0.4, -0.2) is 56.3 Å². The van der Waals surface area contributed by atoms with E-state index in [1.807, 2.05) is 13.8 Å². The molecule has 12 heteroatoms. The lowest BCUT2D eigenvalue weighted by Crippen LogP contribution is -2.52. The lowest BCUT2D eigenvalue weighted by atomic mass is 10.1. The highest BCUT2D eigenvalue weighted by molar-refractivity contribution is 7.92. The van der Waals surface area contributed by atoms with Crippen LogP contribution in [-0.2, 0) is 26.2 Å². The predicted octanol–water partition coefficient (Wildman–Crippen LogP) is 4.38. The molecule has 0 saturated heterocycles. The Hall–Kier alpha value is -4.45. The molecule has 3 aromatic carbocycles. The molecule has 0 aromatic heterocycles. The molecule has 0 bridgehead atoms. The molecule has 0 heterocycles. The summed E-state index contributed by atoms with van der Waals surface area (Å²) in [5, 5.41) is 14.4. The van der Waals surface area contributed by atoms with Crippen molar-refractivity contribution >= 4 is 33.2 Å². The van der Waals surface area contributed by atoms with Gasteiger partial charge in [-0.2, -0.15) is 0 Å². The van der Waals surface area contributed by atoms with E-state index in [1.54, 1.807) is 49.4 Å². The zero-order valence-electron chi connectivity index (χ0n) is 24.1. The molecule has 3 rings (SSSR count). The highest BCUT2D eigenvalue weighted by atomic mass is 32.2. The van der Waals surface area contributed by atoms with Crippen LogP contribution >= 0.6 is 0 Å². The molecule has 0 spiro atoms. The highest BCUT2D eigenvalue weighted by Gasteiger charge is 2.34. The van der Waals surface area contributed by atoms with E-state index in [1.165, 1.54) is 42.3 Å². The summed E-state index contributed by atoms with van der Waals surface area (Å²) in [6, 6.07) is 18.7. The predicted molar refractivity (Wildman–Crippen MR) is 160 cm³/mol. The maximum Gasteiger partial charge on any atom is 0.271 e. The number of nitro benzene ring substituents is 1. The van der Waals surface area contributed by atoms with Crippen molar-refractivity contribution in [2.45, 2.75) is 44.7 Å². The second kappa shape index (κ2) is 14.4. The van der Waals surface area contributed by atoms with Crippen molar-refractivity contribution < 1.29 is 27.7 Å². The Morgan fingerprint density at radius 2 is 1.67 bits per heavy atom. The average molecular weight is 597 g/mol. The minimum absolute atomic E-state index is 0.0184. The van der Waals surface area contributed by atoms with Crippen molar-refractivity contribution in [2.24, 2.45) is 5.92 Å². The SMILES string of the molecule is CCC(C(=O)NCC(C)C)N(Cc1ccc(OC)cc1)C(=O)CN(c1cccc([N+](=O)[O-])c1)S(=O)(=O)c1ccccc1. The summed E-state index contributed by atoms with van der Waals surface area (Å²) < 4.78 is 33.8. The first-order valence-electron chi connectivity index (χ1n) is 13.5. The van der Waals surface area contributed by atoms with Gasteiger partial charge in [0, 0.05) is 25.2 Å². The number of rotatable bonds is 14. The van der Waals surface area contributed by atoms with E-state index in [0.717, 1.165) is 10.4 Å². The number of non-ortho nitro benzene ring substituents is 1. The van der Waals surface area contributed by atoms with Crippen LogP contribution in [0.25, 0.3) is 0 Å². The number of nitro groups is 1. The maximum absolute atomic E-state index is 14.1. The number of sulfonamides is 1. The smallest absolute Gasteiger partial charge is 0.271 e. The van der Waals surface area contributed by atoms with E-state index in [9.17, 15) is 28.1 Å². The van der Waals surface area contributed by atoms with Gasteiger partial charge in [-0.3, -0.25) is 24.0 Å². The van der Waals surface area contributed by atoms with Crippen molar-refractivity contribution in [1.82, 2.24) is 10.2 Å². The topological polar surface area (TPSA) is 139 Å². The van der Waals surface area contributed by atoms with Crippen molar-refractivity contribution in [1.29, 1.82) is 0 Å². The van der Waals surface area contributed by atoms with Crippen LogP contribution < -0.4 is 14.4 Å². The molecule has 1 N–H and O–H groups in total. The molecular formula is C30H36N4O7S. The van der Waals surface area contributed by atoms with Gasteiger partial charge in [-0.1, -0.05) is 57.2 Å². The third kappa shape index (κ3) is 8.06. The molecule has 0 saturated carbocycles.